The molecule has 0 saturated carbocycles. The van der Waals surface area contributed by atoms with Crippen molar-refractivity contribution in [2.24, 2.45) is 0 Å². The van der Waals surface area contributed by atoms with Crippen molar-refractivity contribution >= 4 is 29.2 Å². The van der Waals surface area contributed by atoms with Gasteiger partial charge in [0.1, 0.15) is 6.29 Å². The quantitative estimate of drug-likeness (QED) is 0.771. The van der Waals surface area contributed by atoms with Gasteiger partial charge in [-0.3, -0.25) is 4.79 Å². The number of carbonyl (C=O) groups excluding carboxylic acids is 2. The Bertz CT molecular complexity index is 632. The van der Waals surface area contributed by atoms with Gasteiger partial charge in [0.05, 0.1) is 4.88 Å². The van der Waals surface area contributed by atoms with Crippen molar-refractivity contribution in [2.75, 3.05) is 5.32 Å². The standard InChI is InChI=1S/C17H20N2O2S/c1-12(2)19-14-5-3-13(4-6-14)11-18-17(21)16-8-7-15(22-16)9-10-20/h3-8,10,12,19H,9,11H2,1-2H3,(H,18,21). The van der Waals surface area contributed by atoms with Crippen LogP contribution in [0.5, 0.6) is 0 Å². The van der Waals surface area contributed by atoms with Crippen LogP contribution in [0.25, 0.3) is 0 Å². The Morgan fingerprint density at radius 2 is 1.91 bits per heavy atom. The third-order valence-corrected chi connectivity index (χ3v) is 4.14. The molecule has 0 aliphatic rings. The molecule has 0 bridgehead atoms. The van der Waals surface area contributed by atoms with Gasteiger partial charge in [-0.25, -0.2) is 0 Å². The lowest BCUT2D eigenvalue weighted by Gasteiger charge is -2.10. The highest BCUT2D eigenvalue weighted by Crippen LogP contribution is 2.16. The Labute approximate surface area is 134 Å². The molecular formula is C17H20N2O2S. The molecule has 1 amide bonds. The summed E-state index contributed by atoms with van der Waals surface area (Å²) in [6.45, 7) is 4.67. The predicted molar refractivity (Wildman–Crippen MR) is 90.5 cm³/mol. The molecule has 1 heterocycles. The fourth-order valence-electron chi connectivity index (χ4n) is 2.01. The van der Waals surface area contributed by atoms with E-state index in [0.29, 0.717) is 23.9 Å². The average Bonchev–Trinajstić information content (AvgIpc) is 2.95. The Kier molecular flexibility index (Phi) is 5.72. The normalized spacial score (nSPS) is 10.5. The second-order valence-electron chi connectivity index (χ2n) is 5.32. The van der Waals surface area contributed by atoms with Crippen molar-refractivity contribution in [1.29, 1.82) is 0 Å². The molecule has 0 aliphatic carbocycles. The summed E-state index contributed by atoms with van der Waals surface area (Å²) in [6, 6.07) is 12.0. The fourth-order valence-corrected chi connectivity index (χ4v) is 2.88. The largest absolute Gasteiger partial charge is 0.383 e. The Balaban J connectivity index is 1.88. The molecule has 4 nitrogen and oxygen atoms in total. The number of hydrogen-bond donors (Lipinski definition) is 2. The number of amides is 1. The molecule has 0 aliphatic heterocycles. The van der Waals surface area contributed by atoms with Crippen LogP contribution in [0.3, 0.4) is 0 Å². The van der Waals surface area contributed by atoms with E-state index in [-0.39, 0.29) is 5.91 Å². The van der Waals surface area contributed by atoms with Gasteiger partial charge < -0.3 is 15.4 Å². The predicted octanol–water partition coefficient (Wildman–Crippen LogP) is 3.24. The highest BCUT2D eigenvalue weighted by Gasteiger charge is 2.08. The van der Waals surface area contributed by atoms with E-state index >= 15 is 0 Å². The van der Waals surface area contributed by atoms with Crippen molar-refractivity contribution in [2.45, 2.75) is 32.9 Å². The van der Waals surface area contributed by atoms with Crippen LogP contribution in [-0.2, 0) is 17.8 Å². The summed E-state index contributed by atoms with van der Waals surface area (Å²) in [5, 5.41) is 6.22. The van der Waals surface area contributed by atoms with Crippen molar-refractivity contribution in [3.8, 4) is 0 Å². The molecule has 0 fully saturated rings. The van der Waals surface area contributed by atoms with Gasteiger partial charge in [0.2, 0.25) is 0 Å². The van der Waals surface area contributed by atoms with Gasteiger partial charge >= 0.3 is 0 Å². The summed E-state index contributed by atoms with van der Waals surface area (Å²) in [5.41, 5.74) is 2.12. The number of aldehydes is 1. The molecule has 1 aromatic heterocycles. The highest BCUT2D eigenvalue weighted by atomic mass is 32.1. The Hall–Kier alpha value is -2.14. The summed E-state index contributed by atoms with van der Waals surface area (Å²) < 4.78 is 0. The summed E-state index contributed by atoms with van der Waals surface area (Å²) in [4.78, 5) is 24.0. The number of rotatable bonds is 7. The van der Waals surface area contributed by atoms with E-state index in [2.05, 4.69) is 24.5 Å². The minimum Gasteiger partial charge on any atom is -0.383 e. The molecule has 0 saturated heterocycles. The Morgan fingerprint density at radius 3 is 2.55 bits per heavy atom. The lowest BCUT2D eigenvalue weighted by atomic mass is 10.2. The van der Waals surface area contributed by atoms with Gasteiger partial charge in [-0.1, -0.05) is 12.1 Å². The van der Waals surface area contributed by atoms with Gasteiger partial charge in [0.15, 0.2) is 0 Å². The number of nitrogens with one attached hydrogen (secondary N) is 2. The van der Waals surface area contributed by atoms with Gasteiger partial charge in [-0.15, -0.1) is 11.3 Å². The van der Waals surface area contributed by atoms with E-state index in [4.69, 9.17) is 0 Å². The lowest BCUT2D eigenvalue weighted by molar-refractivity contribution is -0.107. The third kappa shape index (κ3) is 4.70. The first kappa shape index (κ1) is 16.2. The second kappa shape index (κ2) is 7.75. The number of hydrogen-bond acceptors (Lipinski definition) is 4. The zero-order chi connectivity index (χ0) is 15.9. The van der Waals surface area contributed by atoms with Gasteiger partial charge in [0.25, 0.3) is 5.91 Å². The molecule has 116 valence electrons. The van der Waals surface area contributed by atoms with E-state index in [1.165, 1.54) is 11.3 Å². The smallest absolute Gasteiger partial charge is 0.261 e. The molecular weight excluding hydrogens is 296 g/mol. The third-order valence-electron chi connectivity index (χ3n) is 3.03. The Morgan fingerprint density at radius 1 is 1.18 bits per heavy atom. The number of benzene rings is 1. The average molecular weight is 316 g/mol. The molecule has 1 aromatic carbocycles. The molecule has 5 heteroatoms. The van der Waals surface area contributed by atoms with Crippen LogP contribution in [0.4, 0.5) is 5.69 Å². The molecule has 0 radical (unpaired) electrons. The van der Waals surface area contributed by atoms with Crippen LogP contribution < -0.4 is 10.6 Å². The molecule has 22 heavy (non-hydrogen) atoms. The molecule has 0 unspecified atom stereocenters. The molecule has 2 N–H and O–H groups in total. The molecule has 0 spiro atoms. The molecule has 0 atom stereocenters. The van der Waals surface area contributed by atoms with Crippen LogP contribution >= 0.6 is 11.3 Å². The summed E-state index contributed by atoms with van der Waals surface area (Å²) in [7, 11) is 0. The first-order chi connectivity index (χ1) is 10.6. The van der Waals surface area contributed by atoms with Crippen LogP contribution in [-0.4, -0.2) is 18.2 Å². The minimum absolute atomic E-state index is 0.105. The first-order valence-electron chi connectivity index (χ1n) is 7.24. The van der Waals surface area contributed by atoms with Crippen LogP contribution in [0.2, 0.25) is 0 Å². The second-order valence-corrected chi connectivity index (χ2v) is 6.48. The van der Waals surface area contributed by atoms with Gasteiger partial charge in [-0.05, 0) is 43.7 Å². The number of carbonyl (C=O) groups is 2. The highest BCUT2D eigenvalue weighted by molar-refractivity contribution is 7.14. The molecule has 2 aromatic rings. The zero-order valence-corrected chi connectivity index (χ0v) is 13.6. The summed E-state index contributed by atoms with van der Waals surface area (Å²) >= 11 is 1.36. The summed E-state index contributed by atoms with van der Waals surface area (Å²) in [6.07, 6.45) is 1.21. The lowest BCUT2D eigenvalue weighted by Crippen LogP contribution is -2.21. The van der Waals surface area contributed by atoms with E-state index < -0.39 is 0 Å². The monoisotopic (exact) mass is 316 g/mol. The van der Waals surface area contributed by atoms with E-state index in [1.807, 2.05) is 30.3 Å². The van der Waals surface area contributed by atoms with Crippen LogP contribution in [0.1, 0.15) is 34.0 Å². The fraction of sp³-hybridized carbons (Fsp3) is 0.294. The summed E-state index contributed by atoms with van der Waals surface area (Å²) in [5.74, 6) is -0.105. The number of anilines is 1. The maximum absolute atomic E-state index is 12.0. The zero-order valence-electron chi connectivity index (χ0n) is 12.8. The van der Waals surface area contributed by atoms with Crippen molar-refractivity contribution in [1.82, 2.24) is 5.32 Å². The SMILES string of the molecule is CC(C)Nc1ccc(CNC(=O)c2ccc(CC=O)s2)cc1. The topological polar surface area (TPSA) is 58.2 Å². The van der Waals surface area contributed by atoms with E-state index in [1.54, 1.807) is 6.07 Å². The van der Waals surface area contributed by atoms with Crippen LogP contribution in [0.15, 0.2) is 36.4 Å². The maximum Gasteiger partial charge on any atom is 0.261 e. The maximum atomic E-state index is 12.0. The number of thiophene rings is 1. The van der Waals surface area contributed by atoms with Gasteiger partial charge in [-0.2, -0.15) is 0 Å². The first-order valence-corrected chi connectivity index (χ1v) is 8.06. The van der Waals surface area contributed by atoms with E-state index in [0.717, 1.165) is 22.4 Å². The van der Waals surface area contributed by atoms with Crippen molar-refractivity contribution in [3.05, 3.63) is 51.7 Å². The minimum atomic E-state index is -0.105. The molecule has 2 rings (SSSR count). The van der Waals surface area contributed by atoms with Gasteiger partial charge in [0, 0.05) is 29.6 Å². The van der Waals surface area contributed by atoms with Crippen molar-refractivity contribution in [3.63, 3.8) is 0 Å². The van der Waals surface area contributed by atoms with Crippen molar-refractivity contribution < 1.29 is 9.59 Å². The van der Waals surface area contributed by atoms with Crippen LogP contribution in [0, 0.1) is 0 Å². The van der Waals surface area contributed by atoms with E-state index in [9.17, 15) is 9.59 Å².